The lowest BCUT2D eigenvalue weighted by Crippen LogP contribution is -2.34. The summed E-state index contributed by atoms with van der Waals surface area (Å²) >= 11 is 0. The Kier molecular flexibility index (Phi) is 6.96. The van der Waals surface area contributed by atoms with Gasteiger partial charge in [0, 0.05) is 19.4 Å². The summed E-state index contributed by atoms with van der Waals surface area (Å²) in [5, 5.41) is 9.61. The molecule has 1 heterocycles. The Morgan fingerprint density at radius 2 is 2.05 bits per heavy atom. The van der Waals surface area contributed by atoms with Gasteiger partial charge in [-0.1, -0.05) is 0 Å². The third-order valence-corrected chi connectivity index (χ3v) is 1.99. The summed E-state index contributed by atoms with van der Waals surface area (Å²) in [7, 11) is -4.67. The van der Waals surface area contributed by atoms with Crippen molar-refractivity contribution in [2.75, 3.05) is 6.54 Å². The van der Waals surface area contributed by atoms with Gasteiger partial charge in [0.25, 0.3) is 0 Å². The lowest BCUT2D eigenvalue weighted by molar-refractivity contribution is -0.122. The Bertz CT molecular complexity index is 452. The number of hydrogen-bond donors (Lipinski definition) is 6. The number of carbonyl (C=O) groups excluding carboxylic acids is 1. The van der Waals surface area contributed by atoms with E-state index in [-0.39, 0.29) is 17.8 Å². The topological polar surface area (TPSA) is 192 Å². The lowest BCUT2D eigenvalue weighted by atomic mass is 10.2. The molecule has 19 heavy (non-hydrogen) atoms. The van der Waals surface area contributed by atoms with Crippen LogP contribution in [0.2, 0.25) is 0 Å². The van der Waals surface area contributed by atoms with E-state index in [1.807, 2.05) is 0 Å². The number of rotatable bonds is 4. The average Bonchev–Trinajstić information content (AvgIpc) is 2.61. The van der Waals surface area contributed by atoms with E-state index in [1.54, 1.807) is 0 Å². The third kappa shape index (κ3) is 11.1. The zero-order valence-corrected chi connectivity index (χ0v) is 10.9. The Labute approximate surface area is 110 Å². The Morgan fingerprint density at radius 3 is 2.42 bits per heavy atom. The summed E-state index contributed by atoms with van der Waals surface area (Å²) in [5.74, 6) is 0.475. The molecule has 0 aromatic heterocycles. The van der Waals surface area contributed by atoms with Crippen molar-refractivity contribution < 1.29 is 22.3 Å². The van der Waals surface area contributed by atoms with Crippen LogP contribution in [0.4, 0.5) is 0 Å². The molecule has 0 saturated carbocycles. The van der Waals surface area contributed by atoms with Gasteiger partial charge < -0.3 is 16.8 Å². The van der Waals surface area contributed by atoms with Crippen molar-refractivity contribution in [2.24, 2.45) is 16.5 Å². The maximum Gasteiger partial charge on any atom is 0.394 e. The fraction of sp³-hybridized carbons (Fsp3) is 0.625. The van der Waals surface area contributed by atoms with Crippen LogP contribution in [0.5, 0.6) is 0 Å². The normalized spacial score (nSPS) is 18.0. The number of nitrogens with one attached hydrogen (secondary N) is 2. The van der Waals surface area contributed by atoms with E-state index in [9.17, 15) is 4.79 Å². The lowest BCUT2D eigenvalue weighted by Gasteiger charge is -2.07. The highest BCUT2D eigenvalue weighted by Crippen LogP contribution is 2.10. The van der Waals surface area contributed by atoms with Crippen LogP contribution >= 0.6 is 0 Å². The first-order valence-corrected chi connectivity index (χ1v) is 6.62. The zero-order valence-electron chi connectivity index (χ0n) is 10.0. The van der Waals surface area contributed by atoms with Crippen molar-refractivity contribution in [1.82, 2.24) is 5.32 Å². The molecular formula is C8H17N5O5S. The molecule has 110 valence electrons. The molecule has 8 N–H and O–H groups in total. The number of carbonyl (C=O) groups is 1. The van der Waals surface area contributed by atoms with Crippen LogP contribution in [-0.2, 0) is 15.2 Å². The number of amidine groups is 2. The first-order chi connectivity index (χ1) is 8.59. The quantitative estimate of drug-likeness (QED) is 0.202. The minimum Gasteiger partial charge on any atom is -0.388 e. The highest BCUT2D eigenvalue weighted by molar-refractivity contribution is 7.79. The van der Waals surface area contributed by atoms with E-state index in [2.05, 4.69) is 10.3 Å². The van der Waals surface area contributed by atoms with E-state index in [1.165, 1.54) is 0 Å². The predicted octanol–water partition coefficient (Wildman–Crippen LogP) is -1.70. The van der Waals surface area contributed by atoms with Crippen molar-refractivity contribution in [3.8, 4) is 0 Å². The van der Waals surface area contributed by atoms with Crippen molar-refractivity contribution >= 4 is 28.0 Å². The highest BCUT2D eigenvalue weighted by Gasteiger charge is 2.22. The van der Waals surface area contributed by atoms with E-state index in [4.69, 9.17) is 34.4 Å². The van der Waals surface area contributed by atoms with Crippen LogP contribution in [0.25, 0.3) is 0 Å². The van der Waals surface area contributed by atoms with Gasteiger partial charge in [-0.05, 0) is 6.42 Å². The van der Waals surface area contributed by atoms with Crippen molar-refractivity contribution in [3.63, 3.8) is 0 Å². The molecule has 0 unspecified atom stereocenters. The van der Waals surface area contributed by atoms with Crippen molar-refractivity contribution in [1.29, 1.82) is 5.41 Å². The van der Waals surface area contributed by atoms with Gasteiger partial charge in [0.05, 0.1) is 11.7 Å². The number of amides is 1. The molecule has 10 nitrogen and oxygen atoms in total. The molecular weight excluding hydrogens is 278 g/mol. The Hall–Kier alpha value is -1.72. The number of nitrogens with zero attached hydrogens (tertiary/aromatic N) is 1. The average molecular weight is 295 g/mol. The Morgan fingerprint density at radius 1 is 1.53 bits per heavy atom. The minimum absolute atomic E-state index is 0.0692. The largest absolute Gasteiger partial charge is 0.394 e. The highest BCUT2D eigenvalue weighted by atomic mass is 32.3. The number of nitrogens with two attached hydrogens (primary N) is 2. The molecule has 0 aromatic carbocycles. The van der Waals surface area contributed by atoms with Gasteiger partial charge in [-0.3, -0.25) is 24.3 Å². The fourth-order valence-corrected chi connectivity index (χ4v) is 1.24. The van der Waals surface area contributed by atoms with Gasteiger partial charge in [-0.25, -0.2) is 0 Å². The molecule has 0 saturated heterocycles. The van der Waals surface area contributed by atoms with E-state index < -0.39 is 10.4 Å². The maximum atomic E-state index is 11.4. The van der Waals surface area contributed by atoms with Gasteiger partial charge in [-0.15, -0.1) is 0 Å². The number of hydrogen-bond acceptors (Lipinski definition) is 6. The monoisotopic (exact) mass is 295 g/mol. The molecule has 11 heteroatoms. The van der Waals surface area contributed by atoms with Crippen LogP contribution in [0, 0.1) is 5.41 Å². The molecule has 0 aromatic rings. The van der Waals surface area contributed by atoms with E-state index in [0.717, 1.165) is 0 Å². The zero-order chi connectivity index (χ0) is 15.1. The molecule has 0 spiro atoms. The second-order valence-electron chi connectivity index (χ2n) is 3.69. The minimum atomic E-state index is -4.67. The molecule has 1 atom stereocenters. The first-order valence-electron chi connectivity index (χ1n) is 5.22. The summed E-state index contributed by atoms with van der Waals surface area (Å²) in [6.07, 6.45) is 1.74. The fourth-order valence-electron chi connectivity index (χ4n) is 1.24. The van der Waals surface area contributed by atoms with E-state index in [0.29, 0.717) is 31.6 Å². The third-order valence-electron chi connectivity index (χ3n) is 1.99. The maximum absolute atomic E-state index is 11.4. The van der Waals surface area contributed by atoms with Crippen molar-refractivity contribution in [2.45, 2.75) is 25.3 Å². The van der Waals surface area contributed by atoms with E-state index >= 15 is 0 Å². The first kappa shape index (κ1) is 17.3. The smallest absolute Gasteiger partial charge is 0.388 e. The van der Waals surface area contributed by atoms with Crippen LogP contribution in [-0.4, -0.2) is 47.7 Å². The summed E-state index contributed by atoms with van der Waals surface area (Å²) in [6, 6.07) is -0.345. The van der Waals surface area contributed by atoms with Gasteiger partial charge in [0.2, 0.25) is 5.91 Å². The molecule has 0 bridgehead atoms. The van der Waals surface area contributed by atoms with Crippen LogP contribution in [0.1, 0.15) is 19.3 Å². The second kappa shape index (κ2) is 7.66. The molecule has 0 radical (unpaired) electrons. The molecule has 1 aliphatic rings. The molecule has 1 rings (SSSR count). The molecule has 0 aliphatic carbocycles. The summed E-state index contributed by atoms with van der Waals surface area (Å²) in [6.45, 7) is 0.389. The van der Waals surface area contributed by atoms with Gasteiger partial charge in [-0.2, -0.15) is 8.42 Å². The summed E-state index contributed by atoms with van der Waals surface area (Å²) in [5.41, 5.74) is 10.6. The van der Waals surface area contributed by atoms with Gasteiger partial charge in [0.1, 0.15) is 6.04 Å². The predicted molar refractivity (Wildman–Crippen MR) is 68.4 cm³/mol. The van der Waals surface area contributed by atoms with Gasteiger partial charge >= 0.3 is 10.4 Å². The van der Waals surface area contributed by atoms with Crippen LogP contribution < -0.4 is 16.8 Å². The van der Waals surface area contributed by atoms with Crippen LogP contribution in [0.15, 0.2) is 4.99 Å². The SMILES string of the molecule is N=C(N)CCNC(=O)[C@@H]1CCC(N)=N1.O=S(=O)(O)O. The number of aliphatic imine (C=N–C) groups is 1. The second-order valence-corrected chi connectivity index (χ2v) is 4.58. The van der Waals surface area contributed by atoms with Crippen LogP contribution in [0.3, 0.4) is 0 Å². The molecule has 1 amide bonds. The molecule has 1 aliphatic heterocycles. The Balaban J connectivity index is 0.000000555. The molecule has 0 fully saturated rings. The standard InChI is InChI=1S/C8H15N5O.H2O4S/c9-6(10)3-4-12-8(14)5-1-2-7(11)13-5;1-5(2,3)4/h5H,1-4H2,(H3,9,10)(H2,11,13)(H,12,14);(H2,1,2,3,4)/t5-;/m0./s1. The summed E-state index contributed by atoms with van der Waals surface area (Å²) < 4.78 is 31.6. The van der Waals surface area contributed by atoms with Crippen molar-refractivity contribution in [3.05, 3.63) is 0 Å². The summed E-state index contributed by atoms with van der Waals surface area (Å²) in [4.78, 5) is 15.4. The van der Waals surface area contributed by atoms with Gasteiger partial charge in [0.15, 0.2) is 0 Å².